The number of aryl methyl sites for hydroxylation is 2. The molecule has 146 valence electrons. The maximum Gasteiger partial charge on any atom is 0.263 e. The van der Waals surface area contributed by atoms with Crippen LogP contribution < -0.4 is 10.0 Å². The van der Waals surface area contributed by atoms with Gasteiger partial charge in [0.2, 0.25) is 0 Å². The van der Waals surface area contributed by atoms with E-state index < -0.39 is 10.0 Å². The van der Waals surface area contributed by atoms with Crippen LogP contribution in [0, 0.1) is 19.7 Å². The standard InChI is InChI=1S/C21H22FN3O2S/c1-15-3-9-20(16(2)13-15)28(26,27)25-21-10-8-19(14-24-21)23-12-11-17-4-6-18(22)7-5-17/h3-10,13-14,23H,11-12H2,1-2H3,(H,24,25). The molecule has 0 bridgehead atoms. The minimum atomic E-state index is -3.69. The third kappa shape index (κ3) is 5.07. The molecule has 0 amide bonds. The lowest BCUT2D eigenvalue weighted by molar-refractivity contribution is 0.600. The van der Waals surface area contributed by atoms with Gasteiger partial charge in [0.25, 0.3) is 10.0 Å². The number of hydrogen-bond donors (Lipinski definition) is 2. The molecule has 2 aromatic carbocycles. The Morgan fingerprint density at radius 2 is 1.75 bits per heavy atom. The van der Waals surface area contributed by atoms with Crippen LogP contribution in [0.5, 0.6) is 0 Å². The zero-order valence-electron chi connectivity index (χ0n) is 15.7. The highest BCUT2D eigenvalue weighted by atomic mass is 32.2. The highest BCUT2D eigenvalue weighted by molar-refractivity contribution is 7.92. The molecule has 0 aliphatic carbocycles. The number of nitrogens with zero attached hydrogens (tertiary/aromatic N) is 1. The maximum atomic E-state index is 12.9. The first kappa shape index (κ1) is 19.8. The number of nitrogens with one attached hydrogen (secondary N) is 2. The molecule has 3 aromatic rings. The van der Waals surface area contributed by atoms with Crippen molar-refractivity contribution in [2.75, 3.05) is 16.6 Å². The second-order valence-corrected chi connectivity index (χ2v) is 8.26. The van der Waals surface area contributed by atoms with Gasteiger partial charge in [-0.2, -0.15) is 0 Å². The van der Waals surface area contributed by atoms with Crippen LogP contribution in [0.15, 0.2) is 65.7 Å². The van der Waals surface area contributed by atoms with Gasteiger partial charge < -0.3 is 5.32 Å². The van der Waals surface area contributed by atoms with Crippen molar-refractivity contribution >= 4 is 21.5 Å². The first-order chi connectivity index (χ1) is 13.3. The maximum absolute atomic E-state index is 12.9. The Bertz CT molecular complexity index is 1050. The number of aromatic nitrogens is 1. The summed E-state index contributed by atoms with van der Waals surface area (Å²) in [6.07, 6.45) is 2.31. The van der Waals surface area contributed by atoms with E-state index in [-0.39, 0.29) is 16.5 Å². The van der Waals surface area contributed by atoms with Crippen molar-refractivity contribution in [3.05, 3.63) is 83.3 Å². The summed E-state index contributed by atoms with van der Waals surface area (Å²) in [5, 5.41) is 3.21. The first-order valence-electron chi connectivity index (χ1n) is 8.88. The molecule has 0 saturated carbocycles. The van der Waals surface area contributed by atoms with E-state index in [2.05, 4.69) is 15.0 Å². The number of benzene rings is 2. The molecule has 28 heavy (non-hydrogen) atoms. The first-order valence-corrected chi connectivity index (χ1v) is 10.4. The predicted octanol–water partition coefficient (Wildman–Crippen LogP) is 4.29. The summed E-state index contributed by atoms with van der Waals surface area (Å²) in [5.41, 5.74) is 3.49. The minimum Gasteiger partial charge on any atom is -0.383 e. The van der Waals surface area contributed by atoms with Crippen molar-refractivity contribution in [3.8, 4) is 0 Å². The summed E-state index contributed by atoms with van der Waals surface area (Å²) in [5.74, 6) is 0.00356. The molecule has 0 aliphatic rings. The van der Waals surface area contributed by atoms with Gasteiger partial charge in [-0.25, -0.2) is 17.8 Å². The van der Waals surface area contributed by atoms with E-state index in [1.807, 2.05) is 13.0 Å². The van der Waals surface area contributed by atoms with Crippen molar-refractivity contribution < 1.29 is 12.8 Å². The summed E-state index contributed by atoms with van der Waals surface area (Å²) >= 11 is 0. The van der Waals surface area contributed by atoms with E-state index in [0.717, 1.165) is 23.2 Å². The van der Waals surface area contributed by atoms with Crippen LogP contribution in [0.25, 0.3) is 0 Å². The zero-order chi connectivity index (χ0) is 20.1. The second-order valence-electron chi connectivity index (χ2n) is 6.61. The van der Waals surface area contributed by atoms with E-state index in [9.17, 15) is 12.8 Å². The van der Waals surface area contributed by atoms with Crippen LogP contribution in [0.4, 0.5) is 15.9 Å². The van der Waals surface area contributed by atoms with Crippen LogP contribution in [0.2, 0.25) is 0 Å². The SMILES string of the molecule is Cc1ccc(S(=O)(=O)Nc2ccc(NCCc3ccc(F)cc3)cn2)c(C)c1. The van der Waals surface area contributed by atoms with Gasteiger partial charge in [-0.3, -0.25) is 4.72 Å². The van der Waals surface area contributed by atoms with Crippen LogP contribution >= 0.6 is 0 Å². The quantitative estimate of drug-likeness (QED) is 0.622. The van der Waals surface area contributed by atoms with Crippen molar-refractivity contribution in [1.29, 1.82) is 0 Å². The van der Waals surface area contributed by atoms with E-state index in [1.54, 1.807) is 49.5 Å². The van der Waals surface area contributed by atoms with E-state index in [1.165, 1.54) is 12.1 Å². The highest BCUT2D eigenvalue weighted by Gasteiger charge is 2.17. The van der Waals surface area contributed by atoms with Crippen LogP contribution in [-0.4, -0.2) is 19.9 Å². The second kappa shape index (κ2) is 8.39. The average Bonchev–Trinajstić information content (AvgIpc) is 2.64. The Balaban J connectivity index is 1.60. The van der Waals surface area contributed by atoms with Gasteiger partial charge >= 0.3 is 0 Å². The summed E-state index contributed by atoms with van der Waals surface area (Å²) in [6, 6.07) is 14.9. The molecule has 0 unspecified atom stereocenters. The zero-order valence-corrected chi connectivity index (χ0v) is 16.6. The summed E-state index contributed by atoms with van der Waals surface area (Å²) in [6.45, 7) is 4.34. The summed E-state index contributed by atoms with van der Waals surface area (Å²) in [4.78, 5) is 4.41. The fourth-order valence-electron chi connectivity index (χ4n) is 2.85. The topological polar surface area (TPSA) is 71.1 Å². The lowest BCUT2D eigenvalue weighted by atomic mass is 10.1. The van der Waals surface area contributed by atoms with Crippen LogP contribution in [0.3, 0.4) is 0 Å². The third-order valence-corrected chi connectivity index (χ3v) is 5.79. The van der Waals surface area contributed by atoms with Crippen molar-refractivity contribution in [1.82, 2.24) is 4.98 Å². The fourth-order valence-corrected chi connectivity index (χ4v) is 4.09. The molecule has 0 aliphatic heterocycles. The van der Waals surface area contributed by atoms with Crippen molar-refractivity contribution in [3.63, 3.8) is 0 Å². The Morgan fingerprint density at radius 1 is 1.00 bits per heavy atom. The molecule has 0 spiro atoms. The largest absolute Gasteiger partial charge is 0.383 e. The normalized spacial score (nSPS) is 11.2. The van der Waals surface area contributed by atoms with Gasteiger partial charge in [-0.15, -0.1) is 0 Å². The molecule has 2 N–H and O–H groups in total. The van der Waals surface area contributed by atoms with Crippen LogP contribution in [-0.2, 0) is 16.4 Å². The monoisotopic (exact) mass is 399 g/mol. The number of pyridine rings is 1. The highest BCUT2D eigenvalue weighted by Crippen LogP contribution is 2.20. The van der Waals surface area contributed by atoms with Gasteiger partial charge in [0.15, 0.2) is 0 Å². The Hall–Kier alpha value is -2.93. The predicted molar refractivity (Wildman–Crippen MR) is 110 cm³/mol. The molecule has 5 nitrogen and oxygen atoms in total. The molecular weight excluding hydrogens is 377 g/mol. The molecule has 0 atom stereocenters. The summed E-state index contributed by atoms with van der Waals surface area (Å²) in [7, 11) is -3.69. The van der Waals surface area contributed by atoms with E-state index in [4.69, 9.17) is 0 Å². The summed E-state index contributed by atoms with van der Waals surface area (Å²) < 4.78 is 40.6. The smallest absolute Gasteiger partial charge is 0.263 e. The minimum absolute atomic E-state index is 0.237. The van der Waals surface area contributed by atoms with Gasteiger partial charge in [0.05, 0.1) is 16.8 Å². The van der Waals surface area contributed by atoms with Gasteiger partial charge in [-0.05, 0) is 61.7 Å². The number of halogens is 1. The van der Waals surface area contributed by atoms with E-state index >= 15 is 0 Å². The average molecular weight is 399 g/mol. The Morgan fingerprint density at radius 3 is 2.39 bits per heavy atom. The number of rotatable bonds is 7. The Labute approximate surface area is 164 Å². The molecule has 1 aromatic heterocycles. The van der Waals surface area contributed by atoms with Crippen molar-refractivity contribution in [2.24, 2.45) is 0 Å². The Kier molecular flexibility index (Phi) is 5.94. The molecule has 1 heterocycles. The molecule has 7 heteroatoms. The van der Waals surface area contributed by atoms with Gasteiger partial charge in [0, 0.05) is 6.54 Å². The lowest BCUT2D eigenvalue weighted by Crippen LogP contribution is -2.15. The van der Waals surface area contributed by atoms with Crippen molar-refractivity contribution in [2.45, 2.75) is 25.2 Å². The van der Waals surface area contributed by atoms with Crippen LogP contribution in [0.1, 0.15) is 16.7 Å². The molecule has 0 fully saturated rings. The fraction of sp³-hybridized carbons (Fsp3) is 0.190. The third-order valence-electron chi connectivity index (χ3n) is 4.28. The number of hydrogen-bond acceptors (Lipinski definition) is 4. The van der Waals surface area contributed by atoms with Gasteiger partial charge in [0.1, 0.15) is 11.6 Å². The molecule has 0 radical (unpaired) electrons. The molecule has 3 rings (SSSR count). The number of sulfonamides is 1. The lowest BCUT2D eigenvalue weighted by Gasteiger charge is -2.11. The van der Waals surface area contributed by atoms with Gasteiger partial charge in [-0.1, -0.05) is 29.8 Å². The van der Waals surface area contributed by atoms with E-state index in [0.29, 0.717) is 12.1 Å². The molecular formula is C21H22FN3O2S. The number of anilines is 2. The molecule has 0 saturated heterocycles.